The van der Waals surface area contributed by atoms with Gasteiger partial charge in [-0.2, -0.15) is 13.2 Å². The predicted molar refractivity (Wildman–Crippen MR) is 144 cm³/mol. The van der Waals surface area contributed by atoms with Crippen LogP contribution in [-0.4, -0.2) is 49.8 Å². The van der Waals surface area contributed by atoms with Crippen LogP contribution in [0.25, 0.3) is 11.0 Å². The Labute approximate surface area is 246 Å². The van der Waals surface area contributed by atoms with Crippen molar-refractivity contribution in [1.82, 2.24) is 19.4 Å². The SMILES string of the molecule is O=C(O)c1ccc2nc(CN3CCc4cc(C(F)(F)F)c(OCc5ccc(Cl)cc5F)nc4C3)n(C[C@@H]3CCO3)c2c1F. The van der Waals surface area contributed by atoms with Crippen LogP contribution in [0.15, 0.2) is 36.4 Å². The number of hydrogen-bond donors (Lipinski definition) is 1. The van der Waals surface area contributed by atoms with Crippen LogP contribution in [-0.2, 0) is 43.6 Å². The molecule has 6 rings (SSSR count). The average Bonchev–Trinajstić information content (AvgIpc) is 3.26. The maximum Gasteiger partial charge on any atom is 0.421 e. The zero-order chi connectivity index (χ0) is 30.5. The van der Waals surface area contributed by atoms with E-state index in [4.69, 9.17) is 21.1 Å². The molecule has 0 spiro atoms. The second-order valence-corrected chi connectivity index (χ2v) is 10.9. The Kier molecular flexibility index (Phi) is 7.73. The molecule has 2 aliphatic rings. The summed E-state index contributed by atoms with van der Waals surface area (Å²) in [5, 5.41) is 9.56. The van der Waals surface area contributed by atoms with Gasteiger partial charge in [-0.05, 0) is 48.7 Å². The standard InChI is InChI=1S/C29H24ClF5N4O4/c30-17-2-1-16(21(31)10-17)14-43-27-20(29(33,34)35)9-15-5-7-38(12-23(15)37-27)13-24-36-22-4-3-19(28(40)41)25(32)26(22)39(24)11-18-6-8-42-18/h1-4,9-10,18H,5-8,11-14H2,(H,40,41)/t18-/m0/s1. The van der Waals surface area contributed by atoms with Gasteiger partial charge in [0.05, 0.1) is 36.0 Å². The Hall–Kier alpha value is -3.81. The number of fused-ring (bicyclic) bond motifs is 2. The number of hydrogen-bond acceptors (Lipinski definition) is 6. The molecule has 1 N–H and O–H groups in total. The lowest BCUT2D eigenvalue weighted by atomic mass is 10.0. The first-order valence-corrected chi connectivity index (χ1v) is 13.8. The number of carboxylic acid groups (broad SMARTS) is 1. The topological polar surface area (TPSA) is 89.7 Å². The van der Waals surface area contributed by atoms with Crippen molar-refractivity contribution in [3.63, 3.8) is 0 Å². The molecule has 0 saturated carbocycles. The lowest BCUT2D eigenvalue weighted by Gasteiger charge is -2.30. The van der Waals surface area contributed by atoms with E-state index in [9.17, 15) is 27.5 Å². The summed E-state index contributed by atoms with van der Waals surface area (Å²) in [6.45, 7) is 1.05. The number of nitrogens with zero attached hydrogens (tertiary/aromatic N) is 4. The van der Waals surface area contributed by atoms with Crippen molar-refractivity contribution in [3.8, 4) is 5.88 Å². The van der Waals surface area contributed by atoms with Crippen LogP contribution in [0.1, 0.15) is 45.0 Å². The van der Waals surface area contributed by atoms with Gasteiger partial charge in [-0.15, -0.1) is 0 Å². The zero-order valence-electron chi connectivity index (χ0n) is 22.4. The van der Waals surface area contributed by atoms with E-state index in [0.717, 1.165) is 24.6 Å². The number of halogens is 6. The molecule has 4 aromatic rings. The van der Waals surface area contributed by atoms with E-state index in [-0.39, 0.29) is 53.8 Å². The Morgan fingerprint density at radius 3 is 2.63 bits per heavy atom. The number of ether oxygens (including phenoxy) is 2. The van der Waals surface area contributed by atoms with Crippen LogP contribution in [0.4, 0.5) is 22.0 Å². The number of aromatic carboxylic acids is 1. The number of benzene rings is 2. The second-order valence-electron chi connectivity index (χ2n) is 10.4. The third-order valence-corrected chi connectivity index (χ3v) is 7.85. The third kappa shape index (κ3) is 5.89. The van der Waals surface area contributed by atoms with E-state index in [0.29, 0.717) is 30.2 Å². The lowest BCUT2D eigenvalue weighted by molar-refractivity contribution is -0.139. The van der Waals surface area contributed by atoms with Crippen molar-refractivity contribution in [2.45, 2.75) is 51.4 Å². The molecule has 4 heterocycles. The molecule has 226 valence electrons. The van der Waals surface area contributed by atoms with Crippen LogP contribution >= 0.6 is 11.6 Å². The van der Waals surface area contributed by atoms with Crippen LogP contribution < -0.4 is 4.74 Å². The van der Waals surface area contributed by atoms with Crippen LogP contribution in [0.2, 0.25) is 5.02 Å². The Morgan fingerprint density at radius 1 is 1.16 bits per heavy atom. The van der Waals surface area contributed by atoms with Crippen LogP contribution in [0.5, 0.6) is 5.88 Å². The summed E-state index contributed by atoms with van der Waals surface area (Å²) >= 11 is 5.76. The maximum atomic E-state index is 15.3. The number of aromatic nitrogens is 3. The molecule has 1 fully saturated rings. The fourth-order valence-electron chi connectivity index (χ4n) is 5.27. The highest BCUT2D eigenvalue weighted by atomic mass is 35.5. The van der Waals surface area contributed by atoms with Crippen LogP contribution in [0, 0.1) is 11.6 Å². The molecule has 1 saturated heterocycles. The monoisotopic (exact) mass is 622 g/mol. The molecule has 1 atom stereocenters. The molecule has 8 nitrogen and oxygen atoms in total. The van der Waals surface area contributed by atoms with Gasteiger partial charge < -0.3 is 19.1 Å². The van der Waals surface area contributed by atoms with Crippen molar-refractivity contribution in [2.24, 2.45) is 0 Å². The molecule has 0 unspecified atom stereocenters. The summed E-state index contributed by atoms with van der Waals surface area (Å²) in [6, 6.07) is 7.40. The summed E-state index contributed by atoms with van der Waals surface area (Å²) in [5.41, 5.74) is -0.407. The average molecular weight is 623 g/mol. The summed E-state index contributed by atoms with van der Waals surface area (Å²) in [7, 11) is 0. The van der Waals surface area contributed by atoms with Crippen LogP contribution in [0.3, 0.4) is 0 Å². The maximum absolute atomic E-state index is 15.3. The van der Waals surface area contributed by atoms with E-state index in [2.05, 4.69) is 9.97 Å². The van der Waals surface area contributed by atoms with E-state index in [1.807, 2.05) is 4.90 Å². The first-order valence-electron chi connectivity index (χ1n) is 13.4. The molecule has 0 radical (unpaired) electrons. The van der Waals surface area contributed by atoms with E-state index >= 15 is 4.39 Å². The molecule has 14 heteroatoms. The van der Waals surface area contributed by atoms with Gasteiger partial charge in [-0.3, -0.25) is 4.90 Å². The van der Waals surface area contributed by atoms with E-state index < -0.39 is 47.4 Å². The fourth-order valence-corrected chi connectivity index (χ4v) is 5.43. The van der Waals surface area contributed by atoms with Crippen molar-refractivity contribution < 1.29 is 41.3 Å². The van der Waals surface area contributed by atoms with Gasteiger partial charge in [0.25, 0.3) is 0 Å². The van der Waals surface area contributed by atoms with E-state index in [1.165, 1.54) is 18.2 Å². The quantitative estimate of drug-likeness (QED) is 0.241. The number of imidazole rings is 1. The first kappa shape index (κ1) is 29.3. The van der Waals surface area contributed by atoms with E-state index in [1.54, 1.807) is 4.57 Å². The molecular weight excluding hydrogens is 599 g/mol. The van der Waals surface area contributed by atoms with Gasteiger partial charge in [0.2, 0.25) is 5.88 Å². The van der Waals surface area contributed by atoms with Gasteiger partial charge in [-0.1, -0.05) is 17.7 Å². The summed E-state index contributed by atoms with van der Waals surface area (Å²) in [4.78, 5) is 22.2. The Balaban J connectivity index is 1.29. The normalized spacial score (nSPS) is 17.1. The van der Waals surface area contributed by atoms with Crippen molar-refractivity contribution in [2.75, 3.05) is 13.2 Å². The van der Waals surface area contributed by atoms with Gasteiger partial charge in [-0.25, -0.2) is 23.5 Å². The minimum absolute atomic E-state index is 0.0197. The van der Waals surface area contributed by atoms with Crippen molar-refractivity contribution in [1.29, 1.82) is 0 Å². The van der Waals surface area contributed by atoms with Crippen molar-refractivity contribution >= 4 is 28.6 Å². The number of carboxylic acids is 1. The summed E-state index contributed by atoms with van der Waals surface area (Å²) in [6.07, 6.45) is -3.93. The molecule has 0 aliphatic carbocycles. The third-order valence-electron chi connectivity index (χ3n) is 7.61. The smallest absolute Gasteiger partial charge is 0.421 e. The Bertz CT molecular complexity index is 1720. The minimum atomic E-state index is -4.75. The van der Waals surface area contributed by atoms with Gasteiger partial charge in [0.1, 0.15) is 29.3 Å². The predicted octanol–water partition coefficient (Wildman–Crippen LogP) is 6.01. The number of rotatable bonds is 8. The lowest BCUT2D eigenvalue weighted by Crippen LogP contribution is -2.35. The fraction of sp³-hybridized carbons (Fsp3) is 0.345. The molecule has 43 heavy (non-hydrogen) atoms. The highest BCUT2D eigenvalue weighted by Gasteiger charge is 2.37. The molecule has 2 aromatic heterocycles. The molecule has 0 amide bonds. The van der Waals surface area contributed by atoms with Gasteiger partial charge in [0, 0.05) is 30.3 Å². The zero-order valence-corrected chi connectivity index (χ0v) is 23.2. The van der Waals surface area contributed by atoms with Crippen molar-refractivity contribution in [3.05, 3.63) is 86.8 Å². The largest absolute Gasteiger partial charge is 0.478 e. The highest BCUT2D eigenvalue weighted by molar-refractivity contribution is 6.30. The molecule has 2 aromatic carbocycles. The Morgan fingerprint density at radius 2 is 1.95 bits per heavy atom. The van der Waals surface area contributed by atoms with Gasteiger partial charge >= 0.3 is 12.1 Å². The number of carbonyl (C=O) groups is 1. The highest BCUT2D eigenvalue weighted by Crippen LogP contribution is 2.38. The van der Waals surface area contributed by atoms with Gasteiger partial charge in [0.15, 0.2) is 5.82 Å². The number of alkyl halides is 3. The first-order chi connectivity index (χ1) is 20.5. The minimum Gasteiger partial charge on any atom is -0.478 e. The number of pyridine rings is 1. The molecular formula is C29H24ClF5N4O4. The summed E-state index contributed by atoms with van der Waals surface area (Å²) in [5.74, 6) is -3.22. The molecule has 0 bridgehead atoms. The molecule has 2 aliphatic heterocycles. The summed E-state index contributed by atoms with van der Waals surface area (Å²) < 4.78 is 83.9. The second kappa shape index (κ2) is 11.4.